The van der Waals surface area contributed by atoms with Crippen LogP contribution in [0.25, 0.3) is 11.1 Å². The summed E-state index contributed by atoms with van der Waals surface area (Å²) in [5.41, 5.74) is 6.10. The highest BCUT2D eigenvalue weighted by Gasteiger charge is 2.31. The summed E-state index contributed by atoms with van der Waals surface area (Å²) in [7, 11) is 0. The van der Waals surface area contributed by atoms with E-state index in [4.69, 9.17) is 34.8 Å². The second kappa shape index (κ2) is 5.07. The van der Waals surface area contributed by atoms with Crippen LogP contribution in [0.5, 0.6) is 0 Å². The van der Waals surface area contributed by atoms with Crippen LogP contribution in [-0.4, -0.2) is 9.50 Å². The summed E-state index contributed by atoms with van der Waals surface area (Å²) in [6.07, 6.45) is 0.597. The molecule has 0 fully saturated rings. The normalized spacial score (nSPS) is 14.1. The lowest BCUT2D eigenvalue weighted by Crippen LogP contribution is -2.18. The maximum atomic E-state index is 5.90. The van der Waals surface area contributed by atoms with Crippen LogP contribution in [0.15, 0.2) is 47.5 Å². The van der Waals surface area contributed by atoms with E-state index >= 15 is 0 Å². The molecule has 0 bridgehead atoms. The van der Waals surface area contributed by atoms with Crippen molar-refractivity contribution in [2.24, 2.45) is 4.99 Å². The molecule has 1 aliphatic rings. The second-order valence-electron chi connectivity index (χ2n) is 4.94. The summed E-state index contributed by atoms with van der Waals surface area (Å²) in [6.45, 7) is 2.07. The Kier molecular flexibility index (Phi) is 3.53. The van der Waals surface area contributed by atoms with Gasteiger partial charge in [0.1, 0.15) is 0 Å². The van der Waals surface area contributed by atoms with Gasteiger partial charge in [-0.25, -0.2) is 0 Å². The van der Waals surface area contributed by atoms with Gasteiger partial charge in [-0.1, -0.05) is 76.8 Å². The Labute approximate surface area is 133 Å². The Hall–Kier alpha value is -1.02. The molecule has 1 heterocycles. The molecule has 1 aliphatic heterocycles. The van der Waals surface area contributed by atoms with Crippen LogP contribution in [-0.2, 0) is 6.42 Å². The van der Waals surface area contributed by atoms with E-state index in [1.54, 1.807) is 0 Å². The van der Waals surface area contributed by atoms with Gasteiger partial charge in [0.25, 0.3) is 0 Å². The van der Waals surface area contributed by atoms with Crippen LogP contribution in [0.1, 0.15) is 11.1 Å². The molecule has 0 aromatic heterocycles. The van der Waals surface area contributed by atoms with Gasteiger partial charge in [-0.05, 0) is 29.7 Å². The number of alkyl halides is 3. The molecule has 0 saturated heterocycles. The molecule has 3 rings (SSSR count). The average Bonchev–Trinajstić information content (AvgIpc) is 2.82. The summed E-state index contributed by atoms with van der Waals surface area (Å²) in [4.78, 5) is 4.45. The smallest absolute Gasteiger partial charge is 0.229 e. The van der Waals surface area contributed by atoms with Gasteiger partial charge in [0.2, 0.25) is 3.79 Å². The predicted octanol–water partition coefficient (Wildman–Crippen LogP) is 5.66. The largest absolute Gasteiger partial charge is 0.253 e. The molecule has 0 amide bonds. The van der Waals surface area contributed by atoms with Crippen molar-refractivity contribution in [3.8, 4) is 11.1 Å². The van der Waals surface area contributed by atoms with E-state index in [-0.39, 0.29) is 0 Å². The van der Waals surface area contributed by atoms with E-state index in [9.17, 15) is 0 Å². The third-order valence-electron chi connectivity index (χ3n) is 3.41. The summed E-state index contributed by atoms with van der Waals surface area (Å²) in [5.74, 6) is 0. The van der Waals surface area contributed by atoms with Crippen LogP contribution >= 0.6 is 34.8 Å². The van der Waals surface area contributed by atoms with Crippen molar-refractivity contribution in [2.75, 3.05) is 0 Å². The molecular formula is C16H12Cl3N. The third-order valence-corrected chi connectivity index (χ3v) is 4.07. The average molecular weight is 325 g/mol. The van der Waals surface area contributed by atoms with Gasteiger partial charge in [0.05, 0.1) is 11.4 Å². The first-order valence-electron chi connectivity index (χ1n) is 6.28. The Morgan fingerprint density at radius 2 is 1.60 bits per heavy atom. The molecule has 4 heteroatoms. The molecule has 2 aromatic carbocycles. The van der Waals surface area contributed by atoms with E-state index < -0.39 is 3.79 Å². The maximum absolute atomic E-state index is 5.90. The van der Waals surface area contributed by atoms with E-state index in [1.165, 1.54) is 5.56 Å². The number of hydrogen-bond donors (Lipinski definition) is 0. The fraction of sp³-hybridized carbons (Fsp3) is 0.188. The molecule has 0 radical (unpaired) electrons. The molecule has 20 heavy (non-hydrogen) atoms. The Morgan fingerprint density at radius 3 is 2.25 bits per heavy atom. The minimum absolute atomic E-state index is 0.582. The van der Waals surface area contributed by atoms with E-state index in [1.807, 2.05) is 6.07 Å². The molecule has 0 spiro atoms. The van der Waals surface area contributed by atoms with Crippen LogP contribution in [0.2, 0.25) is 0 Å². The zero-order chi connectivity index (χ0) is 14.3. The van der Waals surface area contributed by atoms with Gasteiger partial charge in [-0.2, -0.15) is 0 Å². The van der Waals surface area contributed by atoms with Crippen molar-refractivity contribution < 1.29 is 0 Å². The fourth-order valence-electron chi connectivity index (χ4n) is 2.27. The Bertz CT molecular complexity index is 682. The predicted molar refractivity (Wildman–Crippen MR) is 87.7 cm³/mol. The quantitative estimate of drug-likeness (QED) is 0.600. The summed E-state index contributed by atoms with van der Waals surface area (Å²) in [5, 5.41) is 0. The van der Waals surface area contributed by atoms with E-state index in [0.717, 1.165) is 22.4 Å². The SMILES string of the molecule is Cc1ccc(-c2ccc3c(c2)N=C(C(Cl)(Cl)Cl)C3)cc1. The molecule has 0 unspecified atom stereocenters. The number of hydrogen-bond acceptors (Lipinski definition) is 1. The molecule has 102 valence electrons. The fourth-order valence-corrected chi connectivity index (χ4v) is 2.60. The molecular weight excluding hydrogens is 313 g/mol. The zero-order valence-corrected chi connectivity index (χ0v) is 13.1. The number of benzene rings is 2. The number of halogens is 3. The Morgan fingerprint density at radius 1 is 0.950 bits per heavy atom. The van der Waals surface area contributed by atoms with Gasteiger partial charge >= 0.3 is 0 Å². The molecule has 0 N–H and O–H groups in total. The highest BCUT2D eigenvalue weighted by molar-refractivity contribution is 6.77. The monoisotopic (exact) mass is 323 g/mol. The van der Waals surface area contributed by atoms with Gasteiger partial charge in [0, 0.05) is 6.42 Å². The Balaban J connectivity index is 1.99. The summed E-state index contributed by atoms with van der Waals surface area (Å²) in [6, 6.07) is 14.6. The lowest BCUT2D eigenvalue weighted by atomic mass is 10.0. The summed E-state index contributed by atoms with van der Waals surface area (Å²) < 4.78 is -1.43. The molecule has 1 nitrogen and oxygen atoms in total. The van der Waals surface area contributed by atoms with Gasteiger partial charge in [0.15, 0.2) is 0 Å². The van der Waals surface area contributed by atoms with Gasteiger partial charge in [-0.15, -0.1) is 0 Å². The first-order chi connectivity index (χ1) is 9.43. The van der Waals surface area contributed by atoms with E-state index in [0.29, 0.717) is 12.1 Å². The minimum Gasteiger partial charge on any atom is -0.253 e. The lowest BCUT2D eigenvalue weighted by Gasteiger charge is -2.09. The van der Waals surface area contributed by atoms with Crippen LogP contribution in [0, 0.1) is 6.92 Å². The standard InChI is InChI=1S/C16H12Cl3N/c1-10-2-4-11(5-3-10)12-6-7-13-9-15(16(17,18)19)20-14(13)8-12/h2-8H,9H2,1H3. The first kappa shape index (κ1) is 13.9. The minimum atomic E-state index is -1.43. The van der Waals surface area contributed by atoms with Crippen molar-refractivity contribution in [1.82, 2.24) is 0 Å². The van der Waals surface area contributed by atoms with Crippen molar-refractivity contribution in [3.05, 3.63) is 53.6 Å². The van der Waals surface area contributed by atoms with E-state index in [2.05, 4.69) is 48.3 Å². The van der Waals surface area contributed by atoms with Gasteiger partial charge < -0.3 is 0 Å². The van der Waals surface area contributed by atoms with Crippen molar-refractivity contribution in [1.29, 1.82) is 0 Å². The number of nitrogens with zero attached hydrogens (tertiary/aromatic N) is 1. The molecule has 0 saturated carbocycles. The molecule has 0 aliphatic carbocycles. The number of fused-ring (bicyclic) bond motifs is 1. The maximum Gasteiger partial charge on any atom is 0.229 e. The number of rotatable bonds is 1. The van der Waals surface area contributed by atoms with Crippen LogP contribution in [0.3, 0.4) is 0 Å². The topological polar surface area (TPSA) is 12.4 Å². The summed E-state index contributed by atoms with van der Waals surface area (Å²) >= 11 is 17.7. The number of aliphatic imine (C=N–C) groups is 1. The van der Waals surface area contributed by atoms with Crippen LogP contribution in [0.4, 0.5) is 5.69 Å². The van der Waals surface area contributed by atoms with Crippen molar-refractivity contribution in [2.45, 2.75) is 17.1 Å². The number of aryl methyl sites for hydroxylation is 1. The van der Waals surface area contributed by atoms with Crippen molar-refractivity contribution in [3.63, 3.8) is 0 Å². The third kappa shape index (κ3) is 2.71. The first-order valence-corrected chi connectivity index (χ1v) is 7.41. The van der Waals surface area contributed by atoms with Gasteiger partial charge in [-0.3, -0.25) is 4.99 Å². The molecule has 2 aromatic rings. The highest BCUT2D eigenvalue weighted by Crippen LogP contribution is 2.39. The second-order valence-corrected chi connectivity index (χ2v) is 7.22. The molecule has 0 atom stereocenters. The zero-order valence-electron chi connectivity index (χ0n) is 10.8. The lowest BCUT2D eigenvalue weighted by molar-refractivity contribution is 1.34. The highest BCUT2D eigenvalue weighted by atomic mass is 35.6. The van der Waals surface area contributed by atoms with Crippen LogP contribution < -0.4 is 0 Å². The van der Waals surface area contributed by atoms with Crippen molar-refractivity contribution >= 4 is 46.2 Å².